The first-order chi connectivity index (χ1) is 25.0. The molecule has 1 unspecified atom stereocenters. The zero-order chi connectivity index (χ0) is 37.5. The summed E-state index contributed by atoms with van der Waals surface area (Å²) in [5.74, 6) is -1.85. The van der Waals surface area contributed by atoms with Gasteiger partial charge in [0.2, 0.25) is 17.7 Å². The van der Waals surface area contributed by atoms with Crippen molar-refractivity contribution in [2.75, 3.05) is 13.2 Å². The van der Waals surface area contributed by atoms with Gasteiger partial charge in [0.25, 0.3) is 0 Å². The highest BCUT2D eigenvalue weighted by molar-refractivity contribution is 5.93. The second-order valence-electron chi connectivity index (χ2n) is 13.1. The lowest BCUT2D eigenvalue weighted by Gasteiger charge is -2.29. The van der Waals surface area contributed by atoms with Crippen LogP contribution in [-0.2, 0) is 38.6 Å². The topological polar surface area (TPSA) is 215 Å². The molecule has 0 aliphatic carbocycles. The maximum absolute atomic E-state index is 14.1. The number of benzene rings is 3. The number of carbonyl (C=O) groups excluding carboxylic acids is 4. The first-order valence-electron chi connectivity index (χ1n) is 17.3. The second-order valence-corrected chi connectivity index (χ2v) is 13.1. The number of aromatic nitrogens is 2. The van der Waals surface area contributed by atoms with Gasteiger partial charge in [0.15, 0.2) is 0 Å². The van der Waals surface area contributed by atoms with Gasteiger partial charge in [0.1, 0.15) is 18.7 Å². The van der Waals surface area contributed by atoms with Crippen LogP contribution in [0.4, 0.5) is 4.79 Å². The zero-order valence-electron chi connectivity index (χ0n) is 29.3. The summed E-state index contributed by atoms with van der Waals surface area (Å²) >= 11 is 0. The smallest absolute Gasteiger partial charge is 0.408 e. The van der Waals surface area contributed by atoms with Gasteiger partial charge in [0.05, 0.1) is 43.3 Å². The van der Waals surface area contributed by atoms with Crippen molar-refractivity contribution in [3.8, 4) is 0 Å². The lowest BCUT2D eigenvalue weighted by Crippen LogP contribution is -2.57. The van der Waals surface area contributed by atoms with Crippen LogP contribution < -0.4 is 21.3 Å². The summed E-state index contributed by atoms with van der Waals surface area (Å²) in [6.07, 6.45) is -0.258. The molecule has 4 amide bonds. The van der Waals surface area contributed by atoms with Gasteiger partial charge < -0.3 is 46.3 Å². The Kier molecular flexibility index (Phi) is 15.1. The number of hydrogen-bond acceptors (Lipinski definition) is 9. The molecule has 5 atom stereocenters. The summed E-state index contributed by atoms with van der Waals surface area (Å²) in [7, 11) is 0. The number of aromatic amines is 1. The van der Waals surface area contributed by atoms with Gasteiger partial charge in [-0.05, 0) is 34.2 Å². The molecule has 4 rings (SSSR count). The number of nitrogens with zero attached hydrogens (tertiary/aromatic N) is 1. The minimum atomic E-state index is -1.31. The summed E-state index contributed by atoms with van der Waals surface area (Å²) in [4.78, 5) is 60.6. The molecular weight excluding hydrogens is 668 g/mol. The summed E-state index contributed by atoms with van der Waals surface area (Å²) in [6.45, 7) is 3.04. The van der Waals surface area contributed by atoms with Crippen molar-refractivity contribution in [2.45, 2.75) is 76.5 Å². The van der Waals surface area contributed by atoms with Crippen LogP contribution in [0.25, 0.3) is 10.8 Å². The molecule has 14 heteroatoms. The summed E-state index contributed by atoms with van der Waals surface area (Å²) in [5, 5.41) is 42.2. The number of H-pyrrole nitrogens is 1. The van der Waals surface area contributed by atoms with Gasteiger partial charge in [-0.1, -0.05) is 86.6 Å². The van der Waals surface area contributed by atoms with Gasteiger partial charge in [0, 0.05) is 25.6 Å². The number of carbonyl (C=O) groups is 4. The third-order valence-corrected chi connectivity index (χ3v) is 8.38. The van der Waals surface area contributed by atoms with Crippen LogP contribution >= 0.6 is 0 Å². The number of nitrogens with one attached hydrogen (secondary N) is 5. The summed E-state index contributed by atoms with van der Waals surface area (Å²) in [5.41, 5.74) is 2.03. The van der Waals surface area contributed by atoms with Crippen molar-refractivity contribution in [1.29, 1.82) is 0 Å². The van der Waals surface area contributed by atoms with E-state index in [-0.39, 0.29) is 38.3 Å². The Labute approximate surface area is 302 Å². The van der Waals surface area contributed by atoms with E-state index in [1.807, 2.05) is 86.6 Å². The van der Waals surface area contributed by atoms with Gasteiger partial charge >= 0.3 is 6.09 Å². The molecule has 52 heavy (non-hydrogen) atoms. The monoisotopic (exact) mass is 716 g/mol. The van der Waals surface area contributed by atoms with Crippen LogP contribution in [0, 0.1) is 5.92 Å². The fourth-order valence-corrected chi connectivity index (χ4v) is 5.70. The van der Waals surface area contributed by atoms with Gasteiger partial charge in [-0.3, -0.25) is 14.4 Å². The Bertz CT molecular complexity index is 1730. The zero-order valence-corrected chi connectivity index (χ0v) is 29.3. The van der Waals surface area contributed by atoms with E-state index in [1.165, 1.54) is 6.33 Å². The van der Waals surface area contributed by atoms with Crippen molar-refractivity contribution in [2.24, 2.45) is 5.92 Å². The molecule has 0 spiro atoms. The lowest BCUT2D eigenvalue weighted by molar-refractivity contribution is -0.131. The number of rotatable bonds is 19. The molecule has 8 N–H and O–H groups in total. The molecule has 0 bridgehead atoms. The lowest BCUT2D eigenvalue weighted by atomic mass is 9.96. The molecule has 1 heterocycles. The van der Waals surface area contributed by atoms with Crippen LogP contribution in [-0.4, -0.2) is 92.6 Å². The fraction of sp³-hybridized carbons (Fsp3) is 0.395. The van der Waals surface area contributed by atoms with Crippen molar-refractivity contribution in [1.82, 2.24) is 31.2 Å². The maximum Gasteiger partial charge on any atom is 0.408 e. The van der Waals surface area contributed by atoms with E-state index in [0.717, 1.165) is 21.9 Å². The largest absolute Gasteiger partial charge is 0.445 e. The van der Waals surface area contributed by atoms with Gasteiger partial charge in [-0.15, -0.1) is 0 Å². The minimum Gasteiger partial charge on any atom is -0.445 e. The maximum atomic E-state index is 14.1. The van der Waals surface area contributed by atoms with Crippen LogP contribution in [0.5, 0.6) is 0 Å². The van der Waals surface area contributed by atoms with E-state index in [9.17, 15) is 29.4 Å². The molecule has 0 fully saturated rings. The average Bonchev–Trinajstić information content (AvgIpc) is 3.65. The first-order valence-corrected chi connectivity index (χ1v) is 17.3. The van der Waals surface area contributed by atoms with Gasteiger partial charge in [-0.2, -0.15) is 0 Å². The molecule has 14 nitrogen and oxygen atoms in total. The standard InChI is InChI=1S/C38H48N6O8/c1-24(2)15-31(34(47)18-35(48)40-20-29(46)21-45)42-37(50)33(17-28-19-39-23-41-28)43-36(49)32(44-38(51)52-22-25-9-4-3-5-10-25)16-27-13-8-12-26-11-6-7-14-30(26)27/h3-14,19,23-24,29,31-34,45-47H,15-18,20-22H2,1-2H3,(H,39,41)(H,40,48)(H,42,50)(H,43,49)(H,44,51)/t29?,31-,32-,33-,34-/m0/s1. The van der Waals surface area contributed by atoms with Crippen molar-refractivity contribution < 1.29 is 39.2 Å². The molecular formula is C38H48N6O8. The fourth-order valence-electron chi connectivity index (χ4n) is 5.70. The Morgan fingerprint density at radius 3 is 2.25 bits per heavy atom. The quantitative estimate of drug-likeness (QED) is 0.0710. The highest BCUT2D eigenvalue weighted by Crippen LogP contribution is 2.20. The number of imidazole rings is 1. The van der Waals surface area contributed by atoms with E-state index in [4.69, 9.17) is 9.84 Å². The van der Waals surface area contributed by atoms with Crippen LogP contribution in [0.2, 0.25) is 0 Å². The SMILES string of the molecule is CC(C)C[C@H](NC(=O)[C@H](Cc1c[nH]cn1)NC(=O)[C@H](Cc1cccc2ccccc12)NC(=O)OCc1ccccc1)[C@@H](O)CC(=O)NCC(O)CO. The number of fused-ring (bicyclic) bond motifs is 1. The van der Waals surface area contributed by atoms with E-state index in [0.29, 0.717) is 12.1 Å². The summed E-state index contributed by atoms with van der Waals surface area (Å²) < 4.78 is 5.45. The van der Waals surface area contributed by atoms with Crippen molar-refractivity contribution >= 4 is 34.6 Å². The average molecular weight is 717 g/mol. The number of aliphatic hydroxyl groups is 3. The number of alkyl carbamates (subject to hydrolysis) is 1. The molecule has 1 aromatic heterocycles. The first kappa shape index (κ1) is 39.5. The minimum absolute atomic E-state index is 0.00905. The molecule has 0 saturated heterocycles. The van der Waals surface area contributed by atoms with Gasteiger partial charge in [-0.25, -0.2) is 9.78 Å². The predicted octanol–water partition coefficient (Wildman–Crippen LogP) is 1.88. The molecule has 0 aliphatic heterocycles. The molecule has 278 valence electrons. The molecule has 0 radical (unpaired) electrons. The highest BCUT2D eigenvalue weighted by atomic mass is 16.5. The third kappa shape index (κ3) is 12.5. The Morgan fingerprint density at radius 2 is 1.54 bits per heavy atom. The van der Waals surface area contributed by atoms with E-state index in [2.05, 4.69) is 31.2 Å². The Balaban J connectivity index is 1.54. The normalized spacial score (nSPS) is 14.1. The highest BCUT2D eigenvalue weighted by Gasteiger charge is 2.32. The van der Waals surface area contributed by atoms with E-state index >= 15 is 0 Å². The molecule has 0 saturated carbocycles. The number of amides is 4. The number of hydrogen-bond donors (Lipinski definition) is 8. The van der Waals surface area contributed by atoms with E-state index < -0.39 is 60.8 Å². The third-order valence-electron chi connectivity index (χ3n) is 8.38. The summed E-state index contributed by atoms with van der Waals surface area (Å²) in [6, 6.07) is 19.2. The Morgan fingerprint density at radius 1 is 0.846 bits per heavy atom. The van der Waals surface area contributed by atoms with Crippen molar-refractivity contribution in [3.63, 3.8) is 0 Å². The van der Waals surface area contributed by atoms with E-state index in [1.54, 1.807) is 6.20 Å². The van der Waals surface area contributed by atoms with Crippen LogP contribution in [0.3, 0.4) is 0 Å². The predicted molar refractivity (Wildman–Crippen MR) is 194 cm³/mol. The number of ether oxygens (including phenoxy) is 1. The Hall–Kier alpha value is -5.31. The van der Waals surface area contributed by atoms with Crippen molar-refractivity contribution in [3.05, 3.63) is 102 Å². The molecule has 0 aliphatic rings. The molecule has 3 aromatic carbocycles. The van der Waals surface area contributed by atoms with Crippen LogP contribution in [0.1, 0.15) is 43.5 Å². The molecule has 4 aromatic rings. The second kappa shape index (κ2) is 19.9. The number of aliphatic hydroxyl groups excluding tert-OH is 3. The van der Waals surface area contributed by atoms with Crippen LogP contribution in [0.15, 0.2) is 85.3 Å².